The van der Waals surface area contributed by atoms with Crippen LogP contribution in [0.4, 0.5) is 0 Å². The summed E-state index contributed by atoms with van der Waals surface area (Å²) in [6.45, 7) is 11.0. The number of unbranched alkanes of at least 4 members (excludes halogenated alkanes) is 1. The molecule has 2 heteroatoms. The molecule has 3 atom stereocenters. The van der Waals surface area contributed by atoms with Crippen molar-refractivity contribution < 1.29 is 9.47 Å². The number of rotatable bonds is 5. The second-order valence-electron chi connectivity index (χ2n) is 5.71. The summed E-state index contributed by atoms with van der Waals surface area (Å²) in [5, 5.41) is 0. The lowest BCUT2D eigenvalue weighted by atomic mass is 9.94. The Morgan fingerprint density at radius 1 is 1.31 bits per heavy atom. The molecule has 0 radical (unpaired) electrons. The summed E-state index contributed by atoms with van der Waals surface area (Å²) in [6, 6.07) is 0. The van der Waals surface area contributed by atoms with E-state index in [1.54, 1.807) is 0 Å². The predicted molar refractivity (Wildman–Crippen MR) is 67.4 cm³/mol. The summed E-state index contributed by atoms with van der Waals surface area (Å²) in [4.78, 5) is 0. The van der Waals surface area contributed by atoms with E-state index in [9.17, 15) is 0 Å². The van der Waals surface area contributed by atoms with Gasteiger partial charge in [0.25, 0.3) is 0 Å². The molecule has 96 valence electrons. The van der Waals surface area contributed by atoms with Crippen LogP contribution in [0.5, 0.6) is 0 Å². The Balaban J connectivity index is 2.55. The molecule has 1 rings (SSSR count). The summed E-state index contributed by atoms with van der Waals surface area (Å²) < 4.78 is 12.0. The van der Waals surface area contributed by atoms with E-state index in [1.165, 1.54) is 19.3 Å². The van der Waals surface area contributed by atoms with Crippen LogP contribution in [0.25, 0.3) is 0 Å². The second-order valence-corrected chi connectivity index (χ2v) is 5.71. The van der Waals surface area contributed by atoms with Crippen molar-refractivity contribution in [3.8, 4) is 0 Å². The topological polar surface area (TPSA) is 18.5 Å². The second kappa shape index (κ2) is 6.02. The average Bonchev–Trinajstić information content (AvgIpc) is 2.15. The molecule has 0 amide bonds. The van der Waals surface area contributed by atoms with Crippen molar-refractivity contribution >= 4 is 0 Å². The highest BCUT2D eigenvalue weighted by atomic mass is 16.7. The summed E-state index contributed by atoms with van der Waals surface area (Å²) in [5.41, 5.74) is -0.0258. The predicted octanol–water partition coefficient (Wildman–Crippen LogP) is 4.13. The first kappa shape index (κ1) is 14.0. The first-order valence-electron chi connectivity index (χ1n) is 6.81. The van der Waals surface area contributed by atoms with Gasteiger partial charge in [-0.1, -0.05) is 26.7 Å². The van der Waals surface area contributed by atoms with Gasteiger partial charge in [-0.15, -0.1) is 0 Å². The number of ether oxygens (including phenoxy) is 2. The Morgan fingerprint density at radius 3 is 2.50 bits per heavy atom. The fourth-order valence-electron chi connectivity index (χ4n) is 2.57. The van der Waals surface area contributed by atoms with E-state index in [-0.39, 0.29) is 11.9 Å². The largest absolute Gasteiger partial charge is 0.349 e. The third-order valence-electron chi connectivity index (χ3n) is 3.42. The summed E-state index contributed by atoms with van der Waals surface area (Å²) in [5.74, 6) is 0.557. The van der Waals surface area contributed by atoms with Crippen molar-refractivity contribution in [1.82, 2.24) is 0 Å². The van der Waals surface area contributed by atoms with Crippen LogP contribution in [0.15, 0.2) is 0 Å². The minimum absolute atomic E-state index is 0.00954. The van der Waals surface area contributed by atoms with E-state index in [1.807, 2.05) is 0 Å². The van der Waals surface area contributed by atoms with Crippen molar-refractivity contribution in [3.05, 3.63) is 0 Å². The maximum Gasteiger partial charge on any atom is 0.161 e. The molecule has 0 aliphatic carbocycles. The molecule has 0 saturated carbocycles. The monoisotopic (exact) mass is 228 g/mol. The van der Waals surface area contributed by atoms with E-state index >= 15 is 0 Å². The van der Waals surface area contributed by atoms with Gasteiger partial charge in [-0.2, -0.15) is 0 Å². The van der Waals surface area contributed by atoms with Gasteiger partial charge in [-0.3, -0.25) is 0 Å². The van der Waals surface area contributed by atoms with Crippen LogP contribution in [-0.4, -0.2) is 18.0 Å². The van der Waals surface area contributed by atoms with Crippen molar-refractivity contribution in [3.63, 3.8) is 0 Å². The summed E-state index contributed by atoms with van der Waals surface area (Å²) in [7, 11) is 0. The highest BCUT2D eigenvalue weighted by Crippen LogP contribution is 2.33. The van der Waals surface area contributed by atoms with Gasteiger partial charge >= 0.3 is 0 Å². The van der Waals surface area contributed by atoms with Crippen molar-refractivity contribution in [2.75, 3.05) is 0 Å². The highest BCUT2D eigenvalue weighted by Gasteiger charge is 2.36. The molecule has 1 aliphatic rings. The molecule has 16 heavy (non-hydrogen) atoms. The van der Waals surface area contributed by atoms with Crippen LogP contribution in [0.1, 0.15) is 66.7 Å². The zero-order valence-corrected chi connectivity index (χ0v) is 11.6. The smallest absolute Gasteiger partial charge is 0.161 e. The molecule has 0 N–H and O–H groups in total. The van der Waals surface area contributed by atoms with E-state index in [0.29, 0.717) is 12.0 Å². The third kappa shape index (κ3) is 4.06. The van der Waals surface area contributed by atoms with Crippen LogP contribution < -0.4 is 0 Å². The standard InChI is InChI=1S/C14H28O2/c1-6-8-9-12(7-2)13-15-11(3)10-14(4,5)16-13/h11-13H,6-10H2,1-5H3/t11-,12-,13+/m1/s1. The summed E-state index contributed by atoms with van der Waals surface area (Å²) >= 11 is 0. The molecular weight excluding hydrogens is 200 g/mol. The Labute approximate surface area is 101 Å². The lowest BCUT2D eigenvalue weighted by Gasteiger charge is -2.42. The first-order chi connectivity index (χ1) is 7.48. The SMILES string of the molecule is CCCC[C@@H](CC)[C@H]1O[C@H](C)CC(C)(C)O1. The molecule has 1 fully saturated rings. The zero-order valence-electron chi connectivity index (χ0n) is 11.6. The Hall–Kier alpha value is -0.0800. The van der Waals surface area contributed by atoms with E-state index in [2.05, 4.69) is 34.6 Å². The van der Waals surface area contributed by atoms with Gasteiger partial charge in [0.1, 0.15) is 0 Å². The van der Waals surface area contributed by atoms with Crippen LogP contribution in [0.2, 0.25) is 0 Å². The minimum atomic E-state index is -0.0258. The molecule has 1 aliphatic heterocycles. The lowest BCUT2D eigenvalue weighted by molar-refractivity contribution is -0.288. The molecular formula is C14H28O2. The first-order valence-corrected chi connectivity index (χ1v) is 6.81. The van der Waals surface area contributed by atoms with Crippen molar-refractivity contribution in [2.24, 2.45) is 5.92 Å². The molecule has 0 spiro atoms. The van der Waals surface area contributed by atoms with Gasteiger partial charge in [0.2, 0.25) is 0 Å². The highest BCUT2D eigenvalue weighted by molar-refractivity contribution is 4.79. The number of hydrogen-bond acceptors (Lipinski definition) is 2. The fraction of sp³-hybridized carbons (Fsp3) is 1.00. The van der Waals surface area contributed by atoms with Crippen LogP contribution in [-0.2, 0) is 9.47 Å². The molecule has 0 unspecified atom stereocenters. The molecule has 1 heterocycles. The van der Waals surface area contributed by atoms with Gasteiger partial charge < -0.3 is 9.47 Å². The Bertz CT molecular complexity index is 201. The third-order valence-corrected chi connectivity index (χ3v) is 3.42. The molecule has 0 aromatic rings. The average molecular weight is 228 g/mol. The van der Waals surface area contributed by atoms with Crippen LogP contribution >= 0.6 is 0 Å². The maximum absolute atomic E-state index is 6.07. The van der Waals surface area contributed by atoms with Crippen molar-refractivity contribution in [1.29, 1.82) is 0 Å². The minimum Gasteiger partial charge on any atom is -0.349 e. The summed E-state index contributed by atoms with van der Waals surface area (Å²) in [6.07, 6.45) is 6.22. The van der Waals surface area contributed by atoms with E-state index in [0.717, 1.165) is 12.8 Å². The van der Waals surface area contributed by atoms with Gasteiger partial charge in [-0.05, 0) is 33.6 Å². The normalized spacial score (nSPS) is 31.3. The van der Waals surface area contributed by atoms with Gasteiger partial charge in [0.05, 0.1) is 11.7 Å². The zero-order chi connectivity index (χ0) is 12.2. The molecule has 0 bridgehead atoms. The fourth-order valence-corrected chi connectivity index (χ4v) is 2.57. The quantitative estimate of drug-likeness (QED) is 0.704. The lowest BCUT2D eigenvalue weighted by Crippen LogP contribution is -2.46. The Morgan fingerprint density at radius 2 is 2.00 bits per heavy atom. The molecule has 2 nitrogen and oxygen atoms in total. The van der Waals surface area contributed by atoms with Crippen LogP contribution in [0, 0.1) is 5.92 Å². The maximum atomic E-state index is 6.07. The molecule has 0 aromatic heterocycles. The Kier molecular flexibility index (Phi) is 5.26. The molecule has 0 aromatic carbocycles. The van der Waals surface area contributed by atoms with Crippen LogP contribution in [0.3, 0.4) is 0 Å². The van der Waals surface area contributed by atoms with Crippen molar-refractivity contribution in [2.45, 2.75) is 84.7 Å². The van der Waals surface area contributed by atoms with Gasteiger partial charge in [-0.25, -0.2) is 0 Å². The van der Waals surface area contributed by atoms with Gasteiger partial charge in [0.15, 0.2) is 6.29 Å². The molecule has 1 saturated heterocycles. The van der Waals surface area contributed by atoms with E-state index in [4.69, 9.17) is 9.47 Å². The van der Waals surface area contributed by atoms with Gasteiger partial charge in [0, 0.05) is 12.3 Å². The number of hydrogen-bond donors (Lipinski definition) is 0. The van der Waals surface area contributed by atoms with E-state index < -0.39 is 0 Å².